The highest BCUT2D eigenvalue weighted by molar-refractivity contribution is 7.17. The molecular weight excluding hydrogens is 258 g/mol. The van der Waals surface area contributed by atoms with Crippen molar-refractivity contribution in [3.8, 4) is 0 Å². The van der Waals surface area contributed by atoms with Crippen molar-refractivity contribution in [3.05, 3.63) is 26.6 Å². The van der Waals surface area contributed by atoms with Crippen LogP contribution in [0.3, 0.4) is 0 Å². The van der Waals surface area contributed by atoms with Gasteiger partial charge in [-0.15, -0.1) is 11.6 Å². The summed E-state index contributed by atoms with van der Waals surface area (Å²) in [5, 5.41) is 29.1. The number of aliphatic hydroxyl groups is 2. The summed E-state index contributed by atoms with van der Waals surface area (Å²) in [5.74, 6) is -0.259. The highest BCUT2D eigenvalue weighted by atomic mass is 35.5. The summed E-state index contributed by atoms with van der Waals surface area (Å²) < 4.78 is 0. The average molecular weight is 266 g/mol. The van der Waals surface area contributed by atoms with E-state index in [1.165, 1.54) is 6.07 Å². The van der Waals surface area contributed by atoms with Crippen molar-refractivity contribution in [2.45, 2.75) is 12.2 Å². The molecule has 1 aromatic rings. The summed E-state index contributed by atoms with van der Waals surface area (Å²) in [6.07, 6.45) is -2.33. The molecule has 8 heteroatoms. The van der Waals surface area contributed by atoms with Crippen molar-refractivity contribution in [2.24, 2.45) is 0 Å². The largest absolute Gasteiger partial charge is 0.389 e. The lowest BCUT2D eigenvalue weighted by molar-refractivity contribution is -0.381. The molecule has 0 spiro atoms. The fourth-order valence-electron chi connectivity index (χ4n) is 1.12. The van der Waals surface area contributed by atoms with Crippen LogP contribution in [0.25, 0.3) is 0 Å². The number of alkyl halides is 1. The molecule has 2 atom stereocenters. The Kier molecular flexibility index (Phi) is 4.36. The number of nitrogens with zero attached hydrogens (tertiary/aromatic N) is 1. The van der Waals surface area contributed by atoms with Crippen molar-refractivity contribution < 1.29 is 19.9 Å². The second-order valence-electron chi connectivity index (χ2n) is 2.95. The third-order valence-corrected chi connectivity index (χ3v) is 3.23. The normalized spacial score (nSPS) is 14.4. The fourth-order valence-corrected chi connectivity index (χ4v) is 2.12. The van der Waals surface area contributed by atoms with Gasteiger partial charge in [-0.3, -0.25) is 14.9 Å². The maximum atomic E-state index is 10.6. The van der Waals surface area contributed by atoms with Gasteiger partial charge in [-0.1, -0.05) is 11.3 Å². The Hall–Kier alpha value is -1.02. The molecule has 0 aliphatic heterocycles. The van der Waals surface area contributed by atoms with Crippen LogP contribution < -0.4 is 0 Å². The van der Waals surface area contributed by atoms with Crippen LogP contribution in [0.4, 0.5) is 5.00 Å². The standard InChI is InChI=1S/C8H8ClNO5S/c9-2-6(12)7(13)5-1-4(3-11)16-8(5)10(14)15/h1,3,6-7,12-13H,2H2. The molecule has 1 rings (SSSR count). The minimum absolute atomic E-state index is 0.0924. The number of carbonyl (C=O) groups is 1. The molecule has 0 fully saturated rings. The number of hydrogen-bond donors (Lipinski definition) is 2. The van der Waals surface area contributed by atoms with E-state index in [-0.39, 0.29) is 21.3 Å². The Bertz CT molecular complexity index is 407. The van der Waals surface area contributed by atoms with E-state index in [1.807, 2.05) is 0 Å². The maximum absolute atomic E-state index is 10.6. The SMILES string of the molecule is O=Cc1cc(C(O)C(O)CCl)c([N+](=O)[O-])s1. The molecule has 16 heavy (non-hydrogen) atoms. The smallest absolute Gasteiger partial charge is 0.330 e. The number of halogens is 1. The van der Waals surface area contributed by atoms with Crippen LogP contribution >= 0.6 is 22.9 Å². The molecule has 0 aliphatic rings. The number of aldehydes is 1. The summed E-state index contributed by atoms with van der Waals surface area (Å²) >= 11 is 5.97. The highest BCUT2D eigenvalue weighted by Crippen LogP contribution is 2.35. The molecule has 6 nitrogen and oxygen atoms in total. The summed E-state index contributed by atoms with van der Waals surface area (Å²) in [6, 6.07) is 1.18. The van der Waals surface area contributed by atoms with E-state index in [2.05, 4.69) is 0 Å². The quantitative estimate of drug-likeness (QED) is 0.359. The fraction of sp³-hybridized carbons (Fsp3) is 0.375. The lowest BCUT2D eigenvalue weighted by Gasteiger charge is -2.13. The van der Waals surface area contributed by atoms with Crippen molar-refractivity contribution in [3.63, 3.8) is 0 Å². The van der Waals surface area contributed by atoms with E-state index in [4.69, 9.17) is 11.6 Å². The molecule has 0 amide bonds. The Labute approximate surface area is 99.2 Å². The zero-order valence-electron chi connectivity index (χ0n) is 7.87. The van der Waals surface area contributed by atoms with Crippen molar-refractivity contribution >= 4 is 34.2 Å². The summed E-state index contributed by atoms with van der Waals surface area (Å²) in [4.78, 5) is 20.5. The van der Waals surface area contributed by atoms with Crippen LogP contribution in [-0.4, -0.2) is 33.4 Å². The molecular formula is C8H8ClNO5S. The van der Waals surface area contributed by atoms with Gasteiger partial charge in [-0.05, 0) is 6.07 Å². The van der Waals surface area contributed by atoms with E-state index >= 15 is 0 Å². The molecule has 2 N–H and O–H groups in total. The molecule has 2 unspecified atom stereocenters. The molecule has 0 saturated heterocycles. The second-order valence-corrected chi connectivity index (χ2v) is 4.32. The van der Waals surface area contributed by atoms with Crippen LogP contribution in [0.1, 0.15) is 21.3 Å². The van der Waals surface area contributed by atoms with E-state index < -0.39 is 17.1 Å². The molecule has 0 bridgehead atoms. The summed E-state index contributed by atoms with van der Waals surface area (Å²) in [6.45, 7) is 0. The van der Waals surface area contributed by atoms with Crippen LogP contribution in [0, 0.1) is 10.1 Å². The molecule has 1 aromatic heterocycles. The van der Waals surface area contributed by atoms with Crippen LogP contribution in [-0.2, 0) is 0 Å². The predicted octanol–water partition coefficient (Wildman–Crippen LogP) is 1.10. The molecule has 0 saturated carbocycles. The molecule has 0 aliphatic carbocycles. The topological polar surface area (TPSA) is 101 Å². The Morgan fingerprint density at radius 2 is 2.25 bits per heavy atom. The number of rotatable bonds is 5. The van der Waals surface area contributed by atoms with E-state index in [9.17, 15) is 25.1 Å². The maximum Gasteiger partial charge on any atom is 0.330 e. The van der Waals surface area contributed by atoms with Crippen molar-refractivity contribution in [2.75, 3.05) is 5.88 Å². The molecule has 88 valence electrons. The van der Waals surface area contributed by atoms with E-state index in [0.717, 1.165) is 0 Å². The van der Waals surface area contributed by atoms with Gasteiger partial charge in [-0.2, -0.15) is 0 Å². The average Bonchev–Trinajstić information content (AvgIpc) is 2.71. The molecule has 0 radical (unpaired) electrons. The van der Waals surface area contributed by atoms with Crippen LogP contribution in [0.2, 0.25) is 0 Å². The summed E-state index contributed by atoms with van der Waals surface area (Å²) in [7, 11) is 0. The van der Waals surface area contributed by atoms with Gasteiger partial charge in [0.15, 0.2) is 6.29 Å². The molecule has 0 aromatic carbocycles. The monoisotopic (exact) mass is 265 g/mol. The number of aliphatic hydroxyl groups excluding tert-OH is 2. The Balaban J connectivity index is 3.15. The van der Waals surface area contributed by atoms with Gasteiger partial charge in [-0.25, -0.2) is 0 Å². The van der Waals surface area contributed by atoms with Crippen molar-refractivity contribution in [1.82, 2.24) is 0 Å². The van der Waals surface area contributed by atoms with E-state index in [0.29, 0.717) is 17.6 Å². The zero-order valence-corrected chi connectivity index (χ0v) is 9.44. The first-order chi connectivity index (χ1) is 7.51. The van der Waals surface area contributed by atoms with Gasteiger partial charge in [0, 0.05) is 0 Å². The predicted molar refractivity (Wildman–Crippen MR) is 58.0 cm³/mol. The van der Waals surface area contributed by atoms with Crippen LogP contribution in [0.5, 0.6) is 0 Å². The zero-order chi connectivity index (χ0) is 12.3. The van der Waals surface area contributed by atoms with Gasteiger partial charge >= 0.3 is 5.00 Å². The highest BCUT2D eigenvalue weighted by Gasteiger charge is 2.28. The lowest BCUT2D eigenvalue weighted by atomic mass is 10.1. The third-order valence-electron chi connectivity index (χ3n) is 1.88. The van der Waals surface area contributed by atoms with Gasteiger partial charge < -0.3 is 10.2 Å². The van der Waals surface area contributed by atoms with E-state index in [1.54, 1.807) is 0 Å². The first kappa shape index (κ1) is 13.0. The minimum atomic E-state index is -1.47. The Morgan fingerprint density at radius 1 is 1.62 bits per heavy atom. The van der Waals surface area contributed by atoms with Gasteiger partial charge in [0.25, 0.3) is 0 Å². The number of hydrogen-bond acceptors (Lipinski definition) is 6. The lowest BCUT2D eigenvalue weighted by Crippen LogP contribution is -2.19. The first-order valence-electron chi connectivity index (χ1n) is 4.16. The number of carbonyl (C=O) groups excluding carboxylic acids is 1. The Morgan fingerprint density at radius 3 is 2.69 bits per heavy atom. The summed E-state index contributed by atoms with van der Waals surface area (Å²) in [5.41, 5.74) is -0.0924. The van der Waals surface area contributed by atoms with Gasteiger partial charge in [0.05, 0.1) is 27.3 Å². The minimum Gasteiger partial charge on any atom is -0.389 e. The van der Waals surface area contributed by atoms with Gasteiger partial charge in [0.2, 0.25) is 0 Å². The number of nitro groups is 1. The first-order valence-corrected chi connectivity index (χ1v) is 5.51. The van der Waals surface area contributed by atoms with Crippen LogP contribution in [0.15, 0.2) is 6.07 Å². The van der Waals surface area contributed by atoms with Crippen molar-refractivity contribution in [1.29, 1.82) is 0 Å². The third kappa shape index (κ3) is 2.56. The molecule has 1 heterocycles. The second kappa shape index (κ2) is 5.35. The van der Waals surface area contributed by atoms with Gasteiger partial charge in [0.1, 0.15) is 6.10 Å². The number of thiophene rings is 1.